The maximum atomic E-state index is 10.2. The van der Waals surface area contributed by atoms with E-state index in [1.54, 1.807) is 42.7 Å². The fourth-order valence-corrected chi connectivity index (χ4v) is 2.50. The molecule has 1 radical (unpaired) electrons. The van der Waals surface area contributed by atoms with Crippen molar-refractivity contribution in [2.45, 2.75) is 6.92 Å². The summed E-state index contributed by atoms with van der Waals surface area (Å²) in [4.78, 5) is 37.1. The molecule has 0 spiro atoms. The Morgan fingerprint density at radius 3 is 1.69 bits per heavy atom. The Morgan fingerprint density at radius 1 is 0.897 bits per heavy atom. The molecule has 39 heavy (non-hydrogen) atoms. The molecule has 0 fully saturated rings. The van der Waals surface area contributed by atoms with E-state index in [1.807, 2.05) is 25.1 Å². The average molecular weight is 720 g/mol. The van der Waals surface area contributed by atoms with Crippen molar-refractivity contribution < 1.29 is 71.2 Å². The second-order valence-electron chi connectivity index (χ2n) is 6.22. The van der Waals surface area contributed by atoms with Crippen molar-refractivity contribution in [2.24, 2.45) is 0 Å². The molecule has 0 unspecified atom stereocenters. The van der Waals surface area contributed by atoms with Gasteiger partial charge in [-0.3, -0.25) is 24.5 Å². The molecule has 0 saturated carbocycles. The zero-order valence-electron chi connectivity index (χ0n) is 20.1. The fourth-order valence-electron chi connectivity index (χ4n) is 2.50. The molecule has 10 nitrogen and oxygen atoms in total. The van der Waals surface area contributed by atoms with E-state index in [9.17, 15) is 9.59 Å². The molecule has 0 aliphatic heterocycles. The molecular weight excluding hydrogens is 702 g/mol. The monoisotopic (exact) mass is 720 g/mol. The summed E-state index contributed by atoms with van der Waals surface area (Å²) in [6.45, 7) is 2.70. The summed E-state index contributed by atoms with van der Waals surface area (Å²) < 4.78 is 9.42. The van der Waals surface area contributed by atoms with E-state index in [0.717, 1.165) is 11.4 Å². The first-order valence-electron chi connectivity index (χ1n) is 9.93. The van der Waals surface area contributed by atoms with E-state index >= 15 is 0 Å². The molecule has 195 valence electrons. The van der Waals surface area contributed by atoms with Gasteiger partial charge >= 0.3 is 19.5 Å². The normalized spacial score (nSPS) is 8.10. The number of rotatable bonds is 6. The third kappa shape index (κ3) is 15.7. The molecule has 0 atom stereocenters. The van der Waals surface area contributed by atoms with E-state index in [1.165, 1.54) is 28.5 Å². The van der Waals surface area contributed by atoms with Crippen LogP contribution in [-0.2, 0) is 74.4 Å². The van der Waals surface area contributed by atoms with E-state index in [-0.39, 0.29) is 52.2 Å². The summed E-state index contributed by atoms with van der Waals surface area (Å²) in [5, 5.41) is 16.9. The number of nitrogens with zero attached hydrogens (tertiary/aromatic N) is 6. The third-order valence-corrected chi connectivity index (χ3v) is 3.88. The molecule has 14 heteroatoms. The molecule has 0 aliphatic carbocycles. The molecule has 0 aliphatic rings. The molecular formula is C25H17N6O4RuS2Y-. The Bertz CT molecular complexity index is 1310. The molecule has 4 heterocycles. The molecule has 4 aromatic heterocycles. The summed E-state index contributed by atoms with van der Waals surface area (Å²) >= 11 is 7.40. The molecule has 0 amide bonds. The Hall–Kier alpha value is -3.22. The second-order valence-corrected chi connectivity index (χ2v) is 6.59. The van der Waals surface area contributed by atoms with Crippen LogP contribution in [0.5, 0.6) is 11.5 Å². The molecule has 0 aromatic carbocycles. The van der Waals surface area contributed by atoms with Crippen LogP contribution in [0.15, 0.2) is 73.3 Å². The summed E-state index contributed by atoms with van der Waals surface area (Å²) in [5.41, 5.74) is 3.97. The molecule has 4 rings (SSSR count). The van der Waals surface area contributed by atoms with Crippen molar-refractivity contribution in [3.8, 4) is 39.7 Å². The van der Waals surface area contributed by atoms with Gasteiger partial charge in [0.2, 0.25) is 0 Å². The molecule has 0 N–H and O–H groups in total. The number of aromatic nitrogens is 4. The SMILES string of the molecule is Cc1ccnc(-c2c[c-]ccn2)c1.N#C[S-].O=COc1ccnc(-c2cc(OC=O)ccn2)c1.[N-]=C=S.[Ru+2].[Y]. The molecule has 0 bridgehead atoms. The number of ether oxygens (including phenoxy) is 2. The zero-order valence-corrected chi connectivity index (χ0v) is 26.4. The van der Waals surface area contributed by atoms with Crippen molar-refractivity contribution in [2.75, 3.05) is 0 Å². The Morgan fingerprint density at radius 2 is 1.31 bits per heavy atom. The van der Waals surface area contributed by atoms with Crippen LogP contribution < -0.4 is 9.47 Å². The smallest absolute Gasteiger partial charge is 0.753 e. The average Bonchev–Trinajstić information content (AvgIpc) is 2.91. The minimum Gasteiger partial charge on any atom is -0.753 e. The maximum Gasteiger partial charge on any atom is 2.00 e. The van der Waals surface area contributed by atoms with Gasteiger partial charge in [-0.25, -0.2) is 5.26 Å². The number of hydrogen-bond acceptors (Lipinski definition) is 11. The second kappa shape index (κ2) is 23.9. The van der Waals surface area contributed by atoms with E-state index in [4.69, 9.17) is 20.1 Å². The standard InChI is InChI=1S/C12H8N2O4.C11H9N2.CHNS.CNS.Ru.Y/c15-7-17-9-1-3-13-11(5-9)12-6-10(18-8-16)2-4-14-12;1-9-5-7-13-11(8-9)10-4-2-3-6-12-10;2*2-1-3;;/h1-8H;3-8H,1H3;3H;;;/q;-1;;-1;+2;/p-1. The van der Waals surface area contributed by atoms with Crippen LogP contribution in [0.4, 0.5) is 0 Å². The van der Waals surface area contributed by atoms with Gasteiger partial charge in [0, 0.05) is 69.1 Å². The number of aryl methyl sites for hydroxylation is 1. The van der Waals surface area contributed by atoms with Crippen LogP contribution in [0.1, 0.15) is 5.56 Å². The van der Waals surface area contributed by atoms with Gasteiger partial charge in [-0.05, 0) is 42.4 Å². The van der Waals surface area contributed by atoms with Crippen LogP contribution in [0.25, 0.3) is 28.2 Å². The van der Waals surface area contributed by atoms with Gasteiger partial charge in [-0.1, -0.05) is 23.8 Å². The minimum absolute atomic E-state index is 0. The third-order valence-electron chi connectivity index (χ3n) is 3.88. The number of isothiocyanates is 1. The van der Waals surface area contributed by atoms with E-state index in [0.29, 0.717) is 35.8 Å². The number of pyridine rings is 4. The number of hydrogen-bond donors (Lipinski definition) is 0. The zero-order chi connectivity index (χ0) is 27.3. The predicted molar refractivity (Wildman–Crippen MR) is 141 cm³/mol. The first kappa shape index (κ1) is 37.9. The van der Waals surface area contributed by atoms with Crippen molar-refractivity contribution in [1.82, 2.24) is 19.9 Å². The van der Waals surface area contributed by atoms with Crippen LogP contribution in [0, 0.1) is 23.7 Å². The predicted octanol–water partition coefficient (Wildman–Crippen LogP) is 4.13. The van der Waals surface area contributed by atoms with Crippen molar-refractivity contribution in [1.29, 1.82) is 5.26 Å². The van der Waals surface area contributed by atoms with Crippen molar-refractivity contribution >= 4 is 43.0 Å². The van der Waals surface area contributed by atoms with Gasteiger partial charge in [0.15, 0.2) is 0 Å². The van der Waals surface area contributed by atoms with Gasteiger partial charge in [0.05, 0.1) is 11.4 Å². The summed E-state index contributed by atoms with van der Waals surface area (Å²) in [5.74, 6) is 0.719. The summed E-state index contributed by atoms with van der Waals surface area (Å²) in [6.07, 6.45) is 6.49. The molecule has 0 saturated heterocycles. The Kier molecular flexibility index (Phi) is 23.2. The quantitative estimate of drug-likeness (QED) is 0.0539. The number of thiocyanates is 1. The largest absolute Gasteiger partial charge is 2.00 e. The number of nitriles is 1. The summed E-state index contributed by atoms with van der Waals surface area (Å²) in [7, 11) is 0. The fraction of sp³-hybridized carbons (Fsp3) is 0.0400. The van der Waals surface area contributed by atoms with Crippen molar-refractivity contribution in [3.05, 3.63) is 90.4 Å². The van der Waals surface area contributed by atoms with Crippen molar-refractivity contribution in [3.63, 3.8) is 0 Å². The Balaban J connectivity index is 0. The van der Waals surface area contributed by atoms with E-state index in [2.05, 4.69) is 50.8 Å². The topological polar surface area (TPSA) is 150 Å². The van der Waals surface area contributed by atoms with Crippen LogP contribution in [0.3, 0.4) is 0 Å². The number of thiocarbonyl (C=S) groups is 1. The van der Waals surface area contributed by atoms with Crippen LogP contribution >= 0.6 is 12.2 Å². The van der Waals surface area contributed by atoms with Gasteiger partial charge in [-0.2, -0.15) is 23.4 Å². The van der Waals surface area contributed by atoms with E-state index < -0.39 is 0 Å². The maximum absolute atomic E-state index is 10.2. The minimum atomic E-state index is 0. The van der Waals surface area contributed by atoms with Crippen LogP contribution in [-0.4, -0.2) is 38.0 Å². The Labute approximate surface area is 274 Å². The van der Waals surface area contributed by atoms with Crippen LogP contribution in [0.2, 0.25) is 0 Å². The first-order chi connectivity index (χ1) is 18.0. The van der Waals surface area contributed by atoms with Gasteiger partial charge < -0.3 is 32.5 Å². The molecule has 4 aromatic rings. The van der Waals surface area contributed by atoms with Gasteiger partial charge in [0.1, 0.15) is 11.5 Å². The number of carbonyl (C=O) groups excluding carboxylic acids is 2. The summed E-state index contributed by atoms with van der Waals surface area (Å²) in [6, 6.07) is 16.8. The van der Waals surface area contributed by atoms with Gasteiger partial charge in [0.25, 0.3) is 12.9 Å². The first-order valence-corrected chi connectivity index (χ1v) is 10.7. The van der Waals surface area contributed by atoms with Gasteiger partial charge in [-0.15, -0.1) is 0 Å². The number of carbonyl (C=O) groups is 2.